The molecule has 2 aromatic rings. The fourth-order valence-electron chi connectivity index (χ4n) is 4.23. The second-order valence-corrected chi connectivity index (χ2v) is 7.48. The third-order valence-electron chi connectivity index (χ3n) is 5.69. The average molecular weight is 384 g/mol. The maximum absolute atomic E-state index is 12.9. The molecule has 28 heavy (non-hydrogen) atoms. The normalized spacial score (nSPS) is 21.8. The highest BCUT2D eigenvalue weighted by molar-refractivity contribution is 6.05. The zero-order valence-corrected chi connectivity index (χ0v) is 15.7. The molecule has 2 aromatic heterocycles. The third-order valence-corrected chi connectivity index (χ3v) is 5.69. The zero-order chi connectivity index (χ0) is 19.5. The van der Waals surface area contributed by atoms with Crippen LogP contribution in [0.1, 0.15) is 43.6 Å². The Kier molecular flexibility index (Phi) is 5.32. The van der Waals surface area contributed by atoms with Crippen molar-refractivity contribution in [2.75, 3.05) is 6.54 Å². The standard InChI is InChI=1S/C21H24N2O5/c24-19(9-10-23-20(25)17-7-1-2-8-18(17)21(23)26)22(13-15-5-3-11-27-15)14-16-6-4-12-28-16/h3-6,11-12,17-18H,1-2,7-10,13-14H2. The summed E-state index contributed by atoms with van der Waals surface area (Å²) in [6.07, 6.45) is 6.77. The summed E-state index contributed by atoms with van der Waals surface area (Å²) >= 11 is 0. The second kappa shape index (κ2) is 8.04. The molecule has 0 N–H and O–H groups in total. The maximum atomic E-state index is 12.9. The minimum absolute atomic E-state index is 0.0956. The van der Waals surface area contributed by atoms with Crippen molar-refractivity contribution in [3.63, 3.8) is 0 Å². The first kappa shape index (κ1) is 18.5. The summed E-state index contributed by atoms with van der Waals surface area (Å²) in [4.78, 5) is 41.0. The molecule has 3 heterocycles. The Labute approximate surface area is 163 Å². The monoisotopic (exact) mass is 384 g/mol. The molecular formula is C21H24N2O5. The predicted octanol–water partition coefficient (Wildman–Crippen LogP) is 2.97. The SMILES string of the molecule is O=C(CCN1C(=O)C2CCCCC2C1=O)N(Cc1ccco1)Cc1ccco1. The van der Waals surface area contributed by atoms with Crippen molar-refractivity contribution < 1.29 is 23.2 Å². The van der Waals surface area contributed by atoms with E-state index in [4.69, 9.17) is 8.83 Å². The number of hydrogen-bond acceptors (Lipinski definition) is 5. The number of hydrogen-bond donors (Lipinski definition) is 0. The van der Waals surface area contributed by atoms with E-state index >= 15 is 0 Å². The lowest BCUT2D eigenvalue weighted by molar-refractivity contribution is -0.141. The van der Waals surface area contributed by atoms with Gasteiger partial charge in [0, 0.05) is 13.0 Å². The number of carbonyl (C=O) groups excluding carboxylic acids is 3. The molecule has 1 saturated carbocycles. The average Bonchev–Trinajstić information content (AvgIpc) is 3.44. The van der Waals surface area contributed by atoms with E-state index in [9.17, 15) is 14.4 Å². The van der Waals surface area contributed by atoms with Gasteiger partial charge in [0.05, 0.1) is 37.5 Å². The van der Waals surface area contributed by atoms with E-state index in [1.807, 2.05) is 0 Å². The van der Waals surface area contributed by atoms with Crippen molar-refractivity contribution in [3.8, 4) is 0 Å². The van der Waals surface area contributed by atoms with E-state index in [-0.39, 0.29) is 42.5 Å². The number of furan rings is 2. The summed E-state index contributed by atoms with van der Waals surface area (Å²) < 4.78 is 10.7. The molecule has 0 aromatic carbocycles. The first-order valence-electron chi connectivity index (χ1n) is 9.81. The van der Waals surface area contributed by atoms with Crippen LogP contribution in [-0.2, 0) is 27.5 Å². The first-order chi connectivity index (χ1) is 13.6. The van der Waals surface area contributed by atoms with Crippen molar-refractivity contribution in [3.05, 3.63) is 48.3 Å². The third kappa shape index (κ3) is 3.74. The molecule has 0 spiro atoms. The van der Waals surface area contributed by atoms with Crippen LogP contribution in [0.2, 0.25) is 0 Å². The van der Waals surface area contributed by atoms with Gasteiger partial charge in [-0.2, -0.15) is 0 Å². The Balaban J connectivity index is 1.41. The van der Waals surface area contributed by atoms with E-state index < -0.39 is 0 Å². The first-order valence-corrected chi connectivity index (χ1v) is 9.81. The number of imide groups is 1. The molecule has 1 saturated heterocycles. The highest BCUT2D eigenvalue weighted by atomic mass is 16.3. The van der Waals surface area contributed by atoms with Crippen LogP contribution in [-0.4, -0.2) is 34.1 Å². The Bertz CT molecular complexity index is 767. The van der Waals surface area contributed by atoms with Gasteiger partial charge in [-0.05, 0) is 37.1 Å². The lowest BCUT2D eigenvalue weighted by Crippen LogP contribution is -2.37. The van der Waals surface area contributed by atoms with E-state index in [1.54, 1.807) is 41.7 Å². The molecule has 1 aliphatic heterocycles. The van der Waals surface area contributed by atoms with Crippen LogP contribution >= 0.6 is 0 Å². The van der Waals surface area contributed by atoms with Crippen molar-refractivity contribution >= 4 is 17.7 Å². The van der Waals surface area contributed by atoms with Crippen molar-refractivity contribution in [2.24, 2.45) is 11.8 Å². The quantitative estimate of drug-likeness (QED) is 0.685. The Morgan fingerprint density at radius 3 is 1.96 bits per heavy atom. The van der Waals surface area contributed by atoms with Crippen molar-refractivity contribution in [1.82, 2.24) is 9.80 Å². The van der Waals surface area contributed by atoms with E-state index in [2.05, 4.69) is 0 Å². The van der Waals surface area contributed by atoms with Gasteiger partial charge in [-0.1, -0.05) is 12.8 Å². The maximum Gasteiger partial charge on any atom is 0.233 e. The zero-order valence-electron chi connectivity index (χ0n) is 15.7. The molecule has 148 valence electrons. The number of carbonyl (C=O) groups is 3. The van der Waals surface area contributed by atoms with Crippen LogP contribution in [0.15, 0.2) is 45.6 Å². The highest BCUT2D eigenvalue weighted by Crippen LogP contribution is 2.38. The summed E-state index contributed by atoms with van der Waals surface area (Å²) in [7, 11) is 0. The molecule has 2 atom stereocenters. The van der Waals surface area contributed by atoms with Gasteiger partial charge in [-0.3, -0.25) is 19.3 Å². The number of likely N-dealkylation sites (tertiary alicyclic amines) is 1. The fourth-order valence-corrected chi connectivity index (χ4v) is 4.23. The Morgan fingerprint density at radius 2 is 1.50 bits per heavy atom. The molecule has 2 fully saturated rings. The molecule has 2 unspecified atom stereocenters. The Morgan fingerprint density at radius 1 is 0.964 bits per heavy atom. The number of rotatable bonds is 7. The summed E-state index contributed by atoms with van der Waals surface area (Å²) in [6, 6.07) is 7.16. The predicted molar refractivity (Wildman–Crippen MR) is 98.5 cm³/mol. The van der Waals surface area contributed by atoms with Gasteiger partial charge in [-0.25, -0.2) is 0 Å². The highest BCUT2D eigenvalue weighted by Gasteiger charge is 2.47. The molecule has 0 bridgehead atoms. The number of amides is 3. The molecular weight excluding hydrogens is 360 g/mol. The number of nitrogens with zero attached hydrogens (tertiary/aromatic N) is 2. The summed E-state index contributed by atoms with van der Waals surface area (Å²) in [5, 5.41) is 0. The van der Waals surface area contributed by atoms with Gasteiger partial charge in [0.25, 0.3) is 0 Å². The molecule has 1 aliphatic carbocycles. The summed E-state index contributed by atoms with van der Waals surface area (Å²) in [6.45, 7) is 0.746. The largest absolute Gasteiger partial charge is 0.467 e. The molecule has 7 nitrogen and oxygen atoms in total. The van der Waals surface area contributed by atoms with Crippen LogP contribution in [0, 0.1) is 11.8 Å². The Hall–Kier alpha value is -2.83. The van der Waals surface area contributed by atoms with Gasteiger partial charge in [0.2, 0.25) is 17.7 Å². The molecule has 0 radical (unpaired) electrons. The van der Waals surface area contributed by atoms with Gasteiger partial charge in [0.15, 0.2) is 0 Å². The topological polar surface area (TPSA) is 84.0 Å². The van der Waals surface area contributed by atoms with E-state index in [0.717, 1.165) is 25.7 Å². The van der Waals surface area contributed by atoms with Crippen LogP contribution in [0.3, 0.4) is 0 Å². The van der Waals surface area contributed by atoms with Gasteiger partial charge in [0.1, 0.15) is 11.5 Å². The van der Waals surface area contributed by atoms with Gasteiger partial charge < -0.3 is 13.7 Å². The lowest BCUT2D eigenvalue weighted by Gasteiger charge is -2.22. The van der Waals surface area contributed by atoms with Crippen LogP contribution in [0.4, 0.5) is 0 Å². The summed E-state index contributed by atoms with van der Waals surface area (Å²) in [5.74, 6) is 0.608. The lowest BCUT2D eigenvalue weighted by atomic mass is 9.81. The fraction of sp³-hybridized carbons (Fsp3) is 0.476. The van der Waals surface area contributed by atoms with Crippen molar-refractivity contribution in [1.29, 1.82) is 0 Å². The second-order valence-electron chi connectivity index (χ2n) is 7.48. The molecule has 7 heteroatoms. The van der Waals surface area contributed by atoms with Crippen LogP contribution in [0.5, 0.6) is 0 Å². The van der Waals surface area contributed by atoms with Crippen LogP contribution in [0.25, 0.3) is 0 Å². The minimum atomic E-state index is -0.182. The molecule has 3 amide bonds. The van der Waals surface area contributed by atoms with E-state index in [0.29, 0.717) is 24.6 Å². The smallest absolute Gasteiger partial charge is 0.233 e. The molecule has 2 aliphatic rings. The van der Waals surface area contributed by atoms with Gasteiger partial charge in [-0.15, -0.1) is 0 Å². The summed E-state index contributed by atoms with van der Waals surface area (Å²) in [5.41, 5.74) is 0. The van der Waals surface area contributed by atoms with Crippen molar-refractivity contribution in [2.45, 2.75) is 45.2 Å². The minimum Gasteiger partial charge on any atom is -0.467 e. The van der Waals surface area contributed by atoms with Gasteiger partial charge >= 0.3 is 0 Å². The van der Waals surface area contributed by atoms with Crippen LogP contribution < -0.4 is 0 Å². The van der Waals surface area contributed by atoms with E-state index in [1.165, 1.54) is 4.90 Å². The molecule has 4 rings (SSSR count). The number of fused-ring (bicyclic) bond motifs is 1.